The smallest absolute Gasteiger partial charge is 0.151 e. The maximum Gasteiger partial charge on any atom is 0.151 e. The quantitative estimate of drug-likeness (QED) is 0.319. The van der Waals surface area contributed by atoms with Crippen LogP contribution in [0.1, 0.15) is 0 Å². The third kappa shape index (κ3) is 2.12. The van der Waals surface area contributed by atoms with E-state index in [1.54, 1.807) is 0 Å². The Labute approximate surface area is 161 Å². The van der Waals surface area contributed by atoms with E-state index in [9.17, 15) is 0 Å². The average Bonchev–Trinajstić information content (AvgIpc) is 2.77. The van der Waals surface area contributed by atoms with Gasteiger partial charge in [-0.2, -0.15) is 0 Å². The van der Waals surface area contributed by atoms with Crippen molar-refractivity contribution in [3.8, 4) is 11.5 Å². The number of nitrogens with zero attached hydrogens (tertiary/aromatic N) is 3. The Balaban J connectivity index is 1.70. The summed E-state index contributed by atoms with van der Waals surface area (Å²) in [6, 6.07) is 26.5. The van der Waals surface area contributed by atoms with Crippen LogP contribution in [0.4, 0.5) is 17.1 Å². The molecule has 1 aliphatic heterocycles. The van der Waals surface area contributed by atoms with Gasteiger partial charge in [-0.25, -0.2) is 0 Å². The number of rotatable bonds is 1. The van der Waals surface area contributed by atoms with Crippen molar-refractivity contribution < 1.29 is 4.74 Å². The second-order valence-corrected chi connectivity index (χ2v) is 6.74. The van der Waals surface area contributed by atoms with E-state index in [4.69, 9.17) is 4.74 Å². The lowest BCUT2D eigenvalue weighted by Crippen LogP contribution is -2.16. The summed E-state index contributed by atoms with van der Waals surface area (Å²) >= 11 is 0. The molecule has 0 amide bonds. The van der Waals surface area contributed by atoms with Gasteiger partial charge >= 0.3 is 0 Å². The zero-order chi connectivity index (χ0) is 18.5. The molecule has 0 atom stereocenters. The average molecular weight is 361 g/mol. The van der Waals surface area contributed by atoms with Crippen molar-refractivity contribution >= 4 is 38.9 Å². The monoisotopic (exact) mass is 361 g/mol. The number of aromatic nitrogens is 2. The van der Waals surface area contributed by atoms with Crippen LogP contribution in [-0.2, 0) is 0 Å². The molecule has 5 aromatic rings. The van der Waals surface area contributed by atoms with Crippen molar-refractivity contribution in [3.05, 3.63) is 91.3 Å². The first-order chi connectivity index (χ1) is 13.9. The molecule has 3 heterocycles. The van der Waals surface area contributed by atoms with E-state index >= 15 is 0 Å². The number of anilines is 3. The van der Waals surface area contributed by atoms with Gasteiger partial charge in [-0.3, -0.25) is 9.97 Å². The SMILES string of the molecule is c1ccc2c(c1)Oc1ccccc1N2c1ccnc2c1ccc1cccnc12. The van der Waals surface area contributed by atoms with Gasteiger partial charge in [0.25, 0.3) is 0 Å². The van der Waals surface area contributed by atoms with Crippen molar-refractivity contribution in [1.82, 2.24) is 9.97 Å². The first kappa shape index (κ1) is 15.2. The maximum atomic E-state index is 6.14. The molecule has 6 rings (SSSR count). The first-order valence-corrected chi connectivity index (χ1v) is 9.19. The van der Waals surface area contributed by atoms with Crippen LogP contribution in [-0.4, -0.2) is 9.97 Å². The Hall–Kier alpha value is -3.92. The predicted octanol–water partition coefficient (Wildman–Crippen LogP) is 6.36. The third-order valence-corrected chi connectivity index (χ3v) is 5.13. The lowest BCUT2D eigenvalue weighted by molar-refractivity contribution is 0.477. The number of ether oxygens (including phenoxy) is 1. The van der Waals surface area contributed by atoms with Gasteiger partial charge in [0.2, 0.25) is 0 Å². The highest BCUT2D eigenvalue weighted by Gasteiger charge is 2.26. The molecule has 0 radical (unpaired) electrons. The largest absolute Gasteiger partial charge is 0.453 e. The molecule has 0 N–H and O–H groups in total. The second-order valence-electron chi connectivity index (χ2n) is 6.74. The van der Waals surface area contributed by atoms with Crippen LogP contribution in [0.2, 0.25) is 0 Å². The van der Waals surface area contributed by atoms with Crippen molar-refractivity contribution in [2.45, 2.75) is 0 Å². The third-order valence-electron chi connectivity index (χ3n) is 5.13. The molecule has 4 nitrogen and oxygen atoms in total. The summed E-state index contributed by atoms with van der Waals surface area (Å²) < 4.78 is 6.14. The Morgan fingerprint density at radius 3 is 2.07 bits per heavy atom. The maximum absolute atomic E-state index is 6.14. The van der Waals surface area contributed by atoms with E-state index in [-0.39, 0.29) is 0 Å². The minimum Gasteiger partial charge on any atom is -0.453 e. The van der Waals surface area contributed by atoms with Gasteiger partial charge in [0.15, 0.2) is 11.5 Å². The van der Waals surface area contributed by atoms with Crippen molar-refractivity contribution in [1.29, 1.82) is 0 Å². The molecule has 0 bridgehead atoms. The number of pyridine rings is 2. The minimum absolute atomic E-state index is 0.838. The highest BCUT2D eigenvalue weighted by Crippen LogP contribution is 2.51. The fourth-order valence-corrected chi connectivity index (χ4v) is 3.90. The molecule has 4 heteroatoms. The molecule has 0 unspecified atom stereocenters. The molecule has 0 fully saturated rings. The lowest BCUT2D eigenvalue weighted by Gasteiger charge is -2.33. The summed E-state index contributed by atoms with van der Waals surface area (Å²) in [5.74, 6) is 1.68. The Morgan fingerprint density at radius 2 is 1.29 bits per heavy atom. The summed E-state index contributed by atoms with van der Waals surface area (Å²) in [5, 5.41) is 2.14. The van der Waals surface area contributed by atoms with E-state index in [2.05, 4.69) is 51.3 Å². The standard InChI is InChI=1S/C24H15N3O/c1-3-9-21-19(7-1)27(20-8-2-4-10-22(20)28-21)18-13-15-26-24-17(18)12-11-16-6-5-14-25-23(16)24/h1-15H. The van der Waals surface area contributed by atoms with Gasteiger partial charge in [-0.15, -0.1) is 0 Å². The summed E-state index contributed by atoms with van der Waals surface area (Å²) in [6.07, 6.45) is 3.67. The molecule has 3 aromatic carbocycles. The molecule has 28 heavy (non-hydrogen) atoms. The highest BCUT2D eigenvalue weighted by molar-refractivity contribution is 6.09. The fourth-order valence-electron chi connectivity index (χ4n) is 3.90. The summed E-state index contributed by atoms with van der Waals surface area (Å²) in [5.41, 5.74) is 4.89. The first-order valence-electron chi connectivity index (χ1n) is 9.19. The molecule has 2 aromatic heterocycles. The molecular formula is C24H15N3O. The molecule has 0 spiro atoms. The zero-order valence-electron chi connectivity index (χ0n) is 14.9. The number of hydrogen-bond donors (Lipinski definition) is 0. The van der Waals surface area contributed by atoms with Crippen LogP contribution in [0.3, 0.4) is 0 Å². The van der Waals surface area contributed by atoms with E-state index in [1.807, 2.05) is 54.9 Å². The van der Waals surface area contributed by atoms with Crippen LogP contribution in [0.15, 0.2) is 91.3 Å². The van der Waals surface area contributed by atoms with E-state index in [1.165, 1.54) is 0 Å². The van der Waals surface area contributed by atoms with Gasteiger partial charge in [-0.1, -0.05) is 36.4 Å². The number of hydrogen-bond acceptors (Lipinski definition) is 4. The number of benzene rings is 3. The zero-order valence-corrected chi connectivity index (χ0v) is 14.9. The van der Waals surface area contributed by atoms with Crippen molar-refractivity contribution in [2.75, 3.05) is 4.90 Å². The topological polar surface area (TPSA) is 38.2 Å². The molecule has 0 aliphatic carbocycles. The normalized spacial score (nSPS) is 12.5. The molecule has 132 valence electrons. The molecule has 0 saturated carbocycles. The van der Waals surface area contributed by atoms with Gasteiger partial charge in [0.1, 0.15) is 0 Å². The van der Waals surface area contributed by atoms with Crippen LogP contribution in [0, 0.1) is 0 Å². The van der Waals surface area contributed by atoms with Gasteiger partial charge in [0, 0.05) is 23.2 Å². The lowest BCUT2D eigenvalue weighted by atomic mass is 10.1. The Bertz CT molecular complexity index is 1320. The van der Waals surface area contributed by atoms with Crippen LogP contribution < -0.4 is 9.64 Å². The van der Waals surface area contributed by atoms with Crippen LogP contribution in [0.5, 0.6) is 11.5 Å². The minimum atomic E-state index is 0.838. The highest BCUT2D eigenvalue weighted by atomic mass is 16.5. The van der Waals surface area contributed by atoms with Crippen molar-refractivity contribution in [3.63, 3.8) is 0 Å². The number of fused-ring (bicyclic) bond motifs is 5. The van der Waals surface area contributed by atoms with Gasteiger partial charge < -0.3 is 9.64 Å². The fraction of sp³-hybridized carbons (Fsp3) is 0. The van der Waals surface area contributed by atoms with Crippen molar-refractivity contribution in [2.24, 2.45) is 0 Å². The van der Waals surface area contributed by atoms with E-state index < -0.39 is 0 Å². The predicted molar refractivity (Wildman–Crippen MR) is 112 cm³/mol. The van der Waals surface area contributed by atoms with E-state index in [0.717, 1.165) is 50.4 Å². The Kier molecular flexibility index (Phi) is 3.14. The summed E-state index contributed by atoms with van der Waals surface area (Å²) in [7, 11) is 0. The Morgan fingerprint density at radius 1 is 0.571 bits per heavy atom. The van der Waals surface area contributed by atoms with Gasteiger partial charge in [-0.05, 0) is 42.5 Å². The van der Waals surface area contributed by atoms with E-state index in [0.29, 0.717) is 0 Å². The van der Waals surface area contributed by atoms with Crippen LogP contribution in [0.25, 0.3) is 21.8 Å². The van der Waals surface area contributed by atoms with Crippen LogP contribution >= 0.6 is 0 Å². The number of para-hydroxylation sites is 4. The second kappa shape index (κ2) is 5.79. The summed E-state index contributed by atoms with van der Waals surface area (Å²) in [6.45, 7) is 0. The summed E-state index contributed by atoms with van der Waals surface area (Å²) in [4.78, 5) is 11.5. The van der Waals surface area contributed by atoms with Gasteiger partial charge in [0.05, 0.1) is 28.1 Å². The molecular weight excluding hydrogens is 346 g/mol. The molecule has 1 aliphatic rings. The molecule has 0 saturated heterocycles.